The molecule has 4 rings (SSSR count). The number of aromatic nitrogens is 3. The number of hydrogen-bond acceptors (Lipinski definition) is 4. The van der Waals surface area contributed by atoms with Crippen molar-refractivity contribution >= 4 is 28.2 Å². The van der Waals surface area contributed by atoms with Gasteiger partial charge in [-0.3, -0.25) is 0 Å². The lowest BCUT2D eigenvalue weighted by atomic mass is 10.1. The van der Waals surface area contributed by atoms with Crippen LogP contribution in [0.3, 0.4) is 0 Å². The lowest BCUT2D eigenvalue weighted by Gasteiger charge is -2.11. The summed E-state index contributed by atoms with van der Waals surface area (Å²) in [4.78, 5) is 12.1. The number of nitrogen functional groups attached to an aromatic ring is 1. The van der Waals surface area contributed by atoms with E-state index in [2.05, 4.69) is 33.3 Å². The van der Waals surface area contributed by atoms with Crippen LogP contribution in [-0.4, -0.2) is 15.0 Å². The molecule has 2 aromatic heterocycles. The molecule has 0 fully saturated rings. The highest BCUT2D eigenvalue weighted by Crippen LogP contribution is 2.27. The summed E-state index contributed by atoms with van der Waals surface area (Å²) in [5, 5.41) is 4.40. The van der Waals surface area contributed by atoms with Gasteiger partial charge in [-0.2, -0.15) is 0 Å². The van der Waals surface area contributed by atoms with E-state index < -0.39 is 0 Å². The van der Waals surface area contributed by atoms with E-state index in [-0.39, 0.29) is 0 Å². The van der Waals surface area contributed by atoms with Crippen LogP contribution in [0.5, 0.6) is 0 Å². The summed E-state index contributed by atoms with van der Waals surface area (Å²) in [6.07, 6.45) is 3.62. The molecular formula is C19H17N5. The summed E-state index contributed by atoms with van der Waals surface area (Å²) in [7, 11) is 0. The van der Waals surface area contributed by atoms with E-state index in [1.165, 1.54) is 0 Å². The fourth-order valence-electron chi connectivity index (χ4n) is 2.75. The van der Waals surface area contributed by atoms with Gasteiger partial charge in [0.15, 0.2) is 11.6 Å². The number of fused-ring (bicyclic) bond motifs is 1. The number of H-pyrrole nitrogens is 1. The Bertz CT molecular complexity index is 1020. The topological polar surface area (TPSA) is 79.6 Å². The molecule has 5 nitrogen and oxygen atoms in total. The molecule has 0 amide bonds. The summed E-state index contributed by atoms with van der Waals surface area (Å²) in [6, 6.07) is 16.2. The number of rotatable bonds is 3. The fraction of sp³-hybridized carbons (Fsp3) is 0.0526. The lowest BCUT2D eigenvalue weighted by molar-refractivity contribution is 1.20. The highest BCUT2D eigenvalue weighted by Gasteiger charge is 2.09. The Morgan fingerprint density at radius 2 is 1.96 bits per heavy atom. The minimum absolute atomic E-state index is 0.376. The van der Waals surface area contributed by atoms with Gasteiger partial charge >= 0.3 is 0 Å². The van der Waals surface area contributed by atoms with Crippen LogP contribution in [0.15, 0.2) is 60.9 Å². The maximum atomic E-state index is 6.00. The highest BCUT2D eigenvalue weighted by molar-refractivity contribution is 5.84. The van der Waals surface area contributed by atoms with E-state index in [1.807, 2.05) is 48.7 Å². The molecule has 0 saturated carbocycles. The minimum atomic E-state index is 0.376. The van der Waals surface area contributed by atoms with Crippen molar-refractivity contribution in [1.82, 2.24) is 15.0 Å². The van der Waals surface area contributed by atoms with Crippen LogP contribution in [0.25, 0.3) is 22.2 Å². The van der Waals surface area contributed by atoms with Crippen molar-refractivity contribution in [2.45, 2.75) is 6.92 Å². The standard InChI is InChI=1S/C19H17N5/c1-12-4-2-3-5-15(12)17-11-22-18(20)19(24-17)23-14-6-7-16-13(10-14)8-9-21-16/h2-11,21H,1H3,(H2,20,22)(H,23,24). The zero-order valence-electron chi connectivity index (χ0n) is 13.2. The van der Waals surface area contributed by atoms with Gasteiger partial charge in [0, 0.05) is 28.4 Å². The number of benzene rings is 2. The van der Waals surface area contributed by atoms with Crippen LogP contribution in [0, 0.1) is 6.92 Å². The fourth-order valence-corrected chi connectivity index (χ4v) is 2.75. The summed E-state index contributed by atoms with van der Waals surface area (Å²) in [5.74, 6) is 0.937. The Hall–Kier alpha value is -3.34. The number of nitrogens with zero attached hydrogens (tertiary/aromatic N) is 2. The Balaban J connectivity index is 1.72. The summed E-state index contributed by atoms with van der Waals surface area (Å²) in [5.41, 5.74) is 11.0. The Morgan fingerprint density at radius 3 is 2.83 bits per heavy atom. The molecule has 0 aliphatic heterocycles. The molecule has 0 aliphatic rings. The SMILES string of the molecule is Cc1ccccc1-c1cnc(N)c(Nc2ccc3[nH]ccc3c2)n1. The van der Waals surface area contributed by atoms with Crippen molar-refractivity contribution in [3.8, 4) is 11.3 Å². The molecule has 4 aromatic rings. The molecule has 24 heavy (non-hydrogen) atoms. The van der Waals surface area contributed by atoms with Gasteiger partial charge in [-0.25, -0.2) is 9.97 Å². The van der Waals surface area contributed by atoms with E-state index in [4.69, 9.17) is 5.73 Å². The third-order valence-corrected chi connectivity index (χ3v) is 4.04. The molecule has 0 radical (unpaired) electrons. The second-order valence-electron chi connectivity index (χ2n) is 5.71. The van der Waals surface area contributed by atoms with Crippen molar-refractivity contribution in [2.24, 2.45) is 0 Å². The van der Waals surface area contributed by atoms with Gasteiger partial charge in [-0.1, -0.05) is 24.3 Å². The van der Waals surface area contributed by atoms with E-state index in [0.717, 1.165) is 33.4 Å². The Morgan fingerprint density at radius 1 is 1.08 bits per heavy atom. The number of anilines is 3. The predicted molar refractivity (Wildman–Crippen MR) is 98.2 cm³/mol. The molecule has 0 saturated heterocycles. The first-order valence-corrected chi connectivity index (χ1v) is 7.73. The maximum Gasteiger partial charge on any atom is 0.173 e. The van der Waals surface area contributed by atoms with Gasteiger partial charge in [-0.15, -0.1) is 0 Å². The van der Waals surface area contributed by atoms with E-state index in [0.29, 0.717) is 11.6 Å². The van der Waals surface area contributed by atoms with Crippen LogP contribution < -0.4 is 11.1 Å². The zero-order chi connectivity index (χ0) is 16.5. The average Bonchev–Trinajstić information content (AvgIpc) is 3.05. The van der Waals surface area contributed by atoms with E-state index in [9.17, 15) is 0 Å². The van der Waals surface area contributed by atoms with Gasteiger partial charge in [0.05, 0.1) is 11.9 Å². The Kier molecular flexibility index (Phi) is 3.39. The molecule has 2 aromatic carbocycles. The molecule has 118 valence electrons. The van der Waals surface area contributed by atoms with Crippen molar-refractivity contribution in [3.63, 3.8) is 0 Å². The molecule has 0 atom stereocenters. The molecule has 0 spiro atoms. The van der Waals surface area contributed by atoms with Crippen LogP contribution in [0.4, 0.5) is 17.3 Å². The van der Waals surface area contributed by atoms with Gasteiger partial charge < -0.3 is 16.0 Å². The first kappa shape index (κ1) is 14.3. The second-order valence-corrected chi connectivity index (χ2v) is 5.71. The van der Waals surface area contributed by atoms with Gasteiger partial charge in [0.25, 0.3) is 0 Å². The molecular weight excluding hydrogens is 298 g/mol. The van der Waals surface area contributed by atoms with Crippen LogP contribution in [0.2, 0.25) is 0 Å². The van der Waals surface area contributed by atoms with E-state index in [1.54, 1.807) is 6.20 Å². The lowest BCUT2D eigenvalue weighted by Crippen LogP contribution is -2.03. The van der Waals surface area contributed by atoms with Crippen molar-refractivity contribution in [3.05, 3.63) is 66.5 Å². The normalized spacial score (nSPS) is 10.9. The quantitative estimate of drug-likeness (QED) is 0.528. The first-order chi connectivity index (χ1) is 11.7. The largest absolute Gasteiger partial charge is 0.381 e. The smallest absolute Gasteiger partial charge is 0.173 e. The molecule has 5 heteroatoms. The van der Waals surface area contributed by atoms with Crippen LogP contribution in [-0.2, 0) is 0 Å². The van der Waals surface area contributed by atoms with Crippen LogP contribution in [0.1, 0.15) is 5.56 Å². The molecule has 0 bridgehead atoms. The Labute approximate surface area is 139 Å². The summed E-state index contributed by atoms with van der Waals surface area (Å²) < 4.78 is 0. The minimum Gasteiger partial charge on any atom is -0.381 e. The zero-order valence-corrected chi connectivity index (χ0v) is 13.2. The molecule has 4 N–H and O–H groups in total. The average molecular weight is 315 g/mol. The third kappa shape index (κ3) is 2.56. The second kappa shape index (κ2) is 5.70. The van der Waals surface area contributed by atoms with Gasteiger partial charge in [0.2, 0.25) is 0 Å². The molecule has 2 heterocycles. The summed E-state index contributed by atoms with van der Waals surface area (Å²) >= 11 is 0. The van der Waals surface area contributed by atoms with Crippen molar-refractivity contribution in [2.75, 3.05) is 11.1 Å². The van der Waals surface area contributed by atoms with E-state index >= 15 is 0 Å². The predicted octanol–water partition coefficient (Wildman–Crippen LogP) is 4.26. The molecule has 0 unspecified atom stereocenters. The highest BCUT2D eigenvalue weighted by atomic mass is 15.1. The monoisotopic (exact) mass is 315 g/mol. The van der Waals surface area contributed by atoms with Crippen LogP contribution >= 0.6 is 0 Å². The maximum absolute atomic E-state index is 6.00. The number of nitrogens with two attached hydrogens (primary N) is 1. The number of aryl methyl sites for hydroxylation is 1. The summed E-state index contributed by atoms with van der Waals surface area (Å²) in [6.45, 7) is 2.06. The number of aromatic amines is 1. The van der Waals surface area contributed by atoms with Gasteiger partial charge in [0.1, 0.15) is 0 Å². The van der Waals surface area contributed by atoms with Crippen molar-refractivity contribution in [1.29, 1.82) is 0 Å². The number of hydrogen-bond donors (Lipinski definition) is 3. The number of nitrogens with one attached hydrogen (secondary N) is 2. The van der Waals surface area contributed by atoms with Gasteiger partial charge in [-0.05, 0) is 36.8 Å². The molecule has 0 aliphatic carbocycles. The first-order valence-electron chi connectivity index (χ1n) is 7.73. The van der Waals surface area contributed by atoms with Crippen molar-refractivity contribution < 1.29 is 0 Å². The third-order valence-electron chi connectivity index (χ3n) is 4.04.